The fraction of sp³-hybridized carbons (Fsp3) is 0.667. The van der Waals surface area contributed by atoms with Gasteiger partial charge < -0.3 is 5.73 Å². The summed E-state index contributed by atoms with van der Waals surface area (Å²) in [5, 5.41) is 4.50. The molecule has 0 fully saturated rings. The van der Waals surface area contributed by atoms with Gasteiger partial charge in [0.15, 0.2) is 5.65 Å². The molecule has 0 aliphatic heterocycles. The van der Waals surface area contributed by atoms with E-state index in [1.165, 1.54) is 0 Å². The SMILES string of the molecule is CCn1nc(C)c2nc(N)n(CC(C)(C)SC)c21. The van der Waals surface area contributed by atoms with Gasteiger partial charge in [-0.15, -0.1) is 0 Å². The van der Waals surface area contributed by atoms with Crippen LogP contribution in [0.15, 0.2) is 0 Å². The van der Waals surface area contributed by atoms with Crippen LogP contribution < -0.4 is 5.73 Å². The van der Waals surface area contributed by atoms with Crippen molar-refractivity contribution in [2.24, 2.45) is 0 Å². The van der Waals surface area contributed by atoms with Crippen molar-refractivity contribution in [3.05, 3.63) is 5.69 Å². The monoisotopic (exact) mass is 267 g/mol. The lowest BCUT2D eigenvalue weighted by molar-refractivity contribution is 0.563. The van der Waals surface area contributed by atoms with Gasteiger partial charge in [0.1, 0.15) is 5.52 Å². The molecule has 18 heavy (non-hydrogen) atoms. The van der Waals surface area contributed by atoms with E-state index >= 15 is 0 Å². The standard InChI is InChI=1S/C12H21N5S/c1-6-17-10-9(8(2)15-17)14-11(13)16(10)7-12(3,4)18-5/h6-7H2,1-5H3,(H2,13,14). The van der Waals surface area contributed by atoms with E-state index in [1.807, 2.05) is 23.4 Å². The largest absolute Gasteiger partial charge is 0.369 e. The number of imidazole rings is 1. The normalized spacial score (nSPS) is 12.5. The summed E-state index contributed by atoms with van der Waals surface area (Å²) in [6.07, 6.45) is 2.12. The van der Waals surface area contributed by atoms with Crippen LogP contribution in [0.5, 0.6) is 0 Å². The second kappa shape index (κ2) is 4.50. The van der Waals surface area contributed by atoms with E-state index in [-0.39, 0.29) is 4.75 Å². The number of rotatable bonds is 4. The Morgan fingerprint density at radius 3 is 2.61 bits per heavy atom. The van der Waals surface area contributed by atoms with Gasteiger partial charge >= 0.3 is 0 Å². The van der Waals surface area contributed by atoms with Crippen molar-refractivity contribution < 1.29 is 0 Å². The van der Waals surface area contributed by atoms with E-state index in [0.717, 1.165) is 29.9 Å². The van der Waals surface area contributed by atoms with Crippen LogP contribution in [0.25, 0.3) is 11.2 Å². The molecule has 0 unspecified atom stereocenters. The smallest absolute Gasteiger partial charge is 0.202 e. The summed E-state index contributed by atoms with van der Waals surface area (Å²) in [6.45, 7) is 10.1. The van der Waals surface area contributed by atoms with E-state index in [2.05, 4.69) is 41.7 Å². The van der Waals surface area contributed by atoms with E-state index < -0.39 is 0 Å². The molecular formula is C12H21N5S. The third-order valence-corrected chi connectivity index (χ3v) is 4.45. The molecule has 0 aliphatic rings. The van der Waals surface area contributed by atoms with Crippen LogP contribution in [0.3, 0.4) is 0 Å². The van der Waals surface area contributed by atoms with Gasteiger partial charge in [-0.2, -0.15) is 16.9 Å². The first-order chi connectivity index (χ1) is 8.39. The van der Waals surface area contributed by atoms with Gasteiger partial charge in [-0.1, -0.05) is 0 Å². The second-order valence-electron chi connectivity index (χ2n) is 5.09. The van der Waals surface area contributed by atoms with Gasteiger partial charge in [-0.3, -0.25) is 4.57 Å². The molecule has 2 N–H and O–H groups in total. The van der Waals surface area contributed by atoms with Crippen LogP contribution in [-0.2, 0) is 13.1 Å². The van der Waals surface area contributed by atoms with Crippen molar-refractivity contribution in [3.63, 3.8) is 0 Å². The quantitative estimate of drug-likeness (QED) is 0.923. The maximum atomic E-state index is 6.05. The van der Waals surface area contributed by atoms with Gasteiger partial charge in [0.25, 0.3) is 0 Å². The van der Waals surface area contributed by atoms with E-state index in [9.17, 15) is 0 Å². The van der Waals surface area contributed by atoms with Crippen LogP contribution in [0.2, 0.25) is 0 Å². The fourth-order valence-corrected chi connectivity index (χ4v) is 2.32. The van der Waals surface area contributed by atoms with Crippen molar-refractivity contribution in [2.45, 2.75) is 45.5 Å². The molecule has 2 aromatic rings. The van der Waals surface area contributed by atoms with E-state index in [4.69, 9.17) is 5.73 Å². The summed E-state index contributed by atoms with van der Waals surface area (Å²) in [5.41, 5.74) is 8.96. The Bertz CT molecular complexity index is 567. The van der Waals surface area contributed by atoms with Gasteiger partial charge in [0.2, 0.25) is 5.95 Å². The molecule has 0 amide bonds. The number of thioether (sulfide) groups is 1. The number of anilines is 1. The second-order valence-corrected chi connectivity index (χ2v) is 6.61. The van der Waals surface area contributed by atoms with Gasteiger partial charge in [-0.25, -0.2) is 9.67 Å². The number of aromatic nitrogens is 4. The lowest BCUT2D eigenvalue weighted by Crippen LogP contribution is -2.24. The molecule has 6 heteroatoms. The maximum absolute atomic E-state index is 6.05. The fourth-order valence-electron chi connectivity index (χ4n) is 2.06. The number of aryl methyl sites for hydroxylation is 2. The minimum absolute atomic E-state index is 0.124. The van der Waals surface area contributed by atoms with Crippen LogP contribution in [0, 0.1) is 6.92 Å². The number of hydrogen-bond donors (Lipinski definition) is 1. The number of nitrogens with zero attached hydrogens (tertiary/aromatic N) is 4. The number of fused-ring (bicyclic) bond motifs is 1. The maximum Gasteiger partial charge on any atom is 0.202 e. The highest BCUT2D eigenvalue weighted by Crippen LogP contribution is 2.28. The minimum atomic E-state index is 0.124. The highest BCUT2D eigenvalue weighted by Gasteiger charge is 2.23. The van der Waals surface area contributed by atoms with Crippen molar-refractivity contribution >= 4 is 28.9 Å². The first-order valence-electron chi connectivity index (χ1n) is 6.14. The number of nitrogen functional groups attached to an aromatic ring is 1. The Balaban J connectivity index is 2.59. The van der Waals surface area contributed by atoms with Gasteiger partial charge in [-0.05, 0) is 34.0 Å². The van der Waals surface area contributed by atoms with Crippen molar-refractivity contribution in [1.29, 1.82) is 0 Å². The molecule has 0 aliphatic carbocycles. The number of hydrogen-bond acceptors (Lipinski definition) is 4. The Morgan fingerprint density at radius 2 is 2.06 bits per heavy atom. The average molecular weight is 267 g/mol. The Kier molecular flexibility index (Phi) is 3.31. The highest BCUT2D eigenvalue weighted by molar-refractivity contribution is 7.99. The average Bonchev–Trinajstić information content (AvgIpc) is 2.79. The van der Waals surface area contributed by atoms with Crippen molar-refractivity contribution in [2.75, 3.05) is 12.0 Å². The van der Waals surface area contributed by atoms with Crippen LogP contribution in [0.4, 0.5) is 5.95 Å². The molecule has 0 saturated heterocycles. The Labute approximate surface area is 112 Å². The molecule has 2 heterocycles. The third-order valence-electron chi connectivity index (χ3n) is 3.22. The van der Waals surface area contributed by atoms with Crippen molar-refractivity contribution in [1.82, 2.24) is 19.3 Å². The molecule has 0 bridgehead atoms. The molecule has 2 aromatic heterocycles. The Hall–Kier alpha value is -1.17. The Morgan fingerprint density at radius 1 is 1.39 bits per heavy atom. The van der Waals surface area contributed by atoms with Crippen LogP contribution >= 0.6 is 11.8 Å². The molecule has 0 aromatic carbocycles. The molecular weight excluding hydrogens is 246 g/mol. The number of nitrogens with two attached hydrogens (primary N) is 1. The summed E-state index contributed by atoms with van der Waals surface area (Å²) < 4.78 is 4.18. The summed E-state index contributed by atoms with van der Waals surface area (Å²) >= 11 is 1.83. The topological polar surface area (TPSA) is 61.7 Å². The first-order valence-corrected chi connectivity index (χ1v) is 7.36. The van der Waals surface area contributed by atoms with Gasteiger partial charge in [0.05, 0.1) is 5.69 Å². The molecule has 0 saturated carbocycles. The highest BCUT2D eigenvalue weighted by atomic mass is 32.2. The van der Waals surface area contributed by atoms with Gasteiger partial charge in [0, 0.05) is 17.8 Å². The first kappa shape index (κ1) is 13.3. The van der Waals surface area contributed by atoms with E-state index in [1.54, 1.807) is 0 Å². The lowest BCUT2D eigenvalue weighted by atomic mass is 10.2. The zero-order valence-corrected chi connectivity index (χ0v) is 12.5. The minimum Gasteiger partial charge on any atom is -0.369 e. The predicted octanol–water partition coefficient (Wildman–Crippen LogP) is 2.28. The molecule has 0 spiro atoms. The molecule has 5 nitrogen and oxygen atoms in total. The third kappa shape index (κ3) is 2.09. The zero-order valence-electron chi connectivity index (χ0n) is 11.7. The summed E-state index contributed by atoms with van der Waals surface area (Å²) in [5.74, 6) is 0.579. The molecule has 2 rings (SSSR count). The van der Waals surface area contributed by atoms with Crippen LogP contribution in [0.1, 0.15) is 26.5 Å². The predicted molar refractivity (Wildman–Crippen MR) is 77.9 cm³/mol. The summed E-state index contributed by atoms with van der Waals surface area (Å²) in [7, 11) is 0. The molecule has 100 valence electrons. The summed E-state index contributed by atoms with van der Waals surface area (Å²) in [4.78, 5) is 4.45. The lowest BCUT2D eigenvalue weighted by Gasteiger charge is -2.23. The van der Waals surface area contributed by atoms with Crippen molar-refractivity contribution in [3.8, 4) is 0 Å². The molecule has 0 radical (unpaired) electrons. The van der Waals surface area contributed by atoms with E-state index in [0.29, 0.717) is 5.95 Å². The zero-order chi connectivity index (χ0) is 13.5. The molecule has 0 atom stereocenters. The van der Waals surface area contributed by atoms with Crippen LogP contribution in [-0.4, -0.2) is 30.3 Å². The summed E-state index contributed by atoms with van der Waals surface area (Å²) in [6, 6.07) is 0.